The Hall–Kier alpha value is -1.30. The van der Waals surface area contributed by atoms with E-state index in [0.29, 0.717) is 39.3 Å². The highest BCUT2D eigenvalue weighted by molar-refractivity contribution is 5.77. The minimum Gasteiger partial charge on any atom is -0.444 e. The molecule has 0 spiro atoms. The SMILES string of the molecule is CN(CCC(=O)N1CCOCC1)C(=O)OC(C)(C)C. The average molecular weight is 272 g/mol. The van der Waals surface area contributed by atoms with Crippen LogP contribution < -0.4 is 0 Å². The van der Waals surface area contributed by atoms with Gasteiger partial charge < -0.3 is 19.3 Å². The van der Waals surface area contributed by atoms with Crippen LogP contribution in [-0.4, -0.2) is 67.3 Å². The van der Waals surface area contributed by atoms with Crippen molar-refractivity contribution < 1.29 is 19.1 Å². The van der Waals surface area contributed by atoms with Gasteiger partial charge in [-0.05, 0) is 20.8 Å². The van der Waals surface area contributed by atoms with E-state index in [4.69, 9.17) is 9.47 Å². The van der Waals surface area contributed by atoms with Crippen LogP contribution in [0.25, 0.3) is 0 Å². The Balaban J connectivity index is 2.30. The van der Waals surface area contributed by atoms with Crippen molar-refractivity contribution in [2.45, 2.75) is 32.8 Å². The molecule has 0 saturated carbocycles. The van der Waals surface area contributed by atoms with Gasteiger partial charge in [-0.1, -0.05) is 0 Å². The van der Waals surface area contributed by atoms with Crippen molar-refractivity contribution in [1.82, 2.24) is 9.80 Å². The highest BCUT2D eigenvalue weighted by Crippen LogP contribution is 2.09. The molecule has 0 bridgehead atoms. The first-order chi connectivity index (χ1) is 8.79. The molecule has 0 aromatic rings. The van der Waals surface area contributed by atoms with Gasteiger partial charge in [-0.2, -0.15) is 0 Å². The molecule has 6 nitrogen and oxygen atoms in total. The Morgan fingerprint density at radius 2 is 1.84 bits per heavy atom. The smallest absolute Gasteiger partial charge is 0.410 e. The van der Waals surface area contributed by atoms with Gasteiger partial charge in [-0.3, -0.25) is 4.79 Å². The van der Waals surface area contributed by atoms with Crippen LogP contribution in [-0.2, 0) is 14.3 Å². The first kappa shape index (κ1) is 15.8. The molecule has 1 saturated heterocycles. The second-order valence-corrected chi connectivity index (χ2v) is 5.65. The first-order valence-electron chi connectivity index (χ1n) is 6.59. The highest BCUT2D eigenvalue weighted by Gasteiger charge is 2.21. The van der Waals surface area contributed by atoms with E-state index in [1.807, 2.05) is 20.8 Å². The number of carbonyl (C=O) groups is 2. The Kier molecular flexibility index (Phi) is 5.60. The van der Waals surface area contributed by atoms with Crippen LogP contribution >= 0.6 is 0 Å². The lowest BCUT2D eigenvalue weighted by Gasteiger charge is -2.28. The van der Waals surface area contributed by atoms with Gasteiger partial charge in [0.05, 0.1) is 13.2 Å². The van der Waals surface area contributed by atoms with Crippen molar-refractivity contribution >= 4 is 12.0 Å². The van der Waals surface area contributed by atoms with E-state index >= 15 is 0 Å². The number of morpholine rings is 1. The van der Waals surface area contributed by atoms with Gasteiger partial charge in [0, 0.05) is 33.1 Å². The Morgan fingerprint density at radius 1 is 1.26 bits per heavy atom. The fourth-order valence-electron chi connectivity index (χ4n) is 1.67. The maximum absolute atomic E-state index is 11.9. The van der Waals surface area contributed by atoms with Gasteiger partial charge in [-0.15, -0.1) is 0 Å². The first-order valence-corrected chi connectivity index (χ1v) is 6.59. The van der Waals surface area contributed by atoms with Crippen LogP contribution in [0.5, 0.6) is 0 Å². The summed E-state index contributed by atoms with van der Waals surface area (Å²) in [5.41, 5.74) is -0.514. The maximum Gasteiger partial charge on any atom is 0.410 e. The van der Waals surface area contributed by atoms with Crippen molar-refractivity contribution in [3.05, 3.63) is 0 Å². The third kappa shape index (κ3) is 5.92. The number of nitrogens with zero attached hydrogens (tertiary/aromatic N) is 2. The monoisotopic (exact) mass is 272 g/mol. The molecule has 2 amide bonds. The lowest BCUT2D eigenvalue weighted by molar-refractivity contribution is -0.135. The molecule has 0 aliphatic carbocycles. The molecule has 19 heavy (non-hydrogen) atoms. The Labute approximate surface area is 114 Å². The number of hydrogen-bond donors (Lipinski definition) is 0. The summed E-state index contributed by atoms with van der Waals surface area (Å²) >= 11 is 0. The van der Waals surface area contributed by atoms with Gasteiger partial charge in [-0.25, -0.2) is 4.79 Å². The van der Waals surface area contributed by atoms with E-state index in [0.717, 1.165) is 0 Å². The van der Waals surface area contributed by atoms with Crippen molar-refractivity contribution in [3.63, 3.8) is 0 Å². The zero-order chi connectivity index (χ0) is 14.5. The molecule has 0 unspecified atom stereocenters. The van der Waals surface area contributed by atoms with E-state index in [2.05, 4.69) is 0 Å². The minimum atomic E-state index is -0.514. The van der Waals surface area contributed by atoms with Gasteiger partial charge >= 0.3 is 6.09 Å². The van der Waals surface area contributed by atoms with Crippen molar-refractivity contribution in [2.24, 2.45) is 0 Å². The number of hydrogen-bond acceptors (Lipinski definition) is 4. The Morgan fingerprint density at radius 3 is 2.37 bits per heavy atom. The lowest BCUT2D eigenvalue weighted by Crippen LogP contribution is -2.42. The van der Waals surface area contributed by atoms with Crippen molar-refractivity contribution in [3.8, 4) is 0 Å². The topological polar surface area (TPSA) is 59.1 Å². The number of carbonyl (C=O) groups excluding carboxylic acids is 2. The number of rotatable bonds is 3. The average Bonchev–Trinajstić information content (AvgIpc) is 2.34. The summed E-state index contributed by atoms with van der Waals surface area (Å²) in [5.74, 6) is 0.0544. The van der Waals surface area contributed by atoms with Gasteiger partial charge in [0.1, 0.15) is 5.60 Å². The lowest BCUT2D eigenvalue weighted by atomic mass is 10.2. The number of amides is 2. The standard InChI is InChI=1S/C13H24N2O4/c1-13(2,3)19-12(17)14(4)6-5-11(16)15-7-9-18-10-8-15/h5-10H2,1-4H3. The summed E-state index contributed by atoms with van der Waals surface area (Å²) in [6, 6.07) is 0. The second kappa shape index (κ2) is 6.75. The van der Waals surface area contributed by atoms with E-state index < -0.39 is 11.7 Å². The molecule has 0 N–H and O–H groups in total. The van der Waals surface area contributed by atoms with E-state index in [1.54, 1.807) is 11.9 Å². The molecule has 0 aromatic heterocycles. The quantitative estimate of drug-likeness (QED) is 0.772. The van der Waals surface area contributed by atoms with Gasteiger partial charge in [0.2, 0.25) is 5.91 Å². The largest absolute Gasteiger partial charge is 0.444 e. The maximum atomic E-state index is 11.9. The van der Waals surface area contributed by atoms with E-state index in [1.165, 1.54) is 4.90 Å². The molecule has 110 valence electrons. The van der Waals surface area contributed by atoms with Crippen LogP contribution in [0.4, 0.5) is 4.79 Å². The van der Waals surface area contributed by atoms with Crippen LogP contribution in [0.1, 0.15) is 27.2 Å². The molecule has 1 aliphatic rings. The Bertz CT molecular complexity index is 319. The summed E-state index contributed by atoms with van der Waals surface area (Å²) in [6.45, 7) is 8.27. The molecule has 1 heterocycles. The molecule has 0 radical (unpaired) electrons. The zero-order valence-corrected chi connectivity index (χ0v) is 12.3. The molecular weight excluding hydrogens is 248 g/mol. The summed E-state index contributed by atoms with van der Waals surface area (Å²) < 4.78 is 10.4. The highest BCUT2D eigenvalue weighted by atomic mass is 16.6. The molecular formula is C13H24N2O4. The molecule has 1 aliphatic heterocycles. The van der Waals surface area contributed by atoms with Gasteiger partial charge in [0.25, 0.3) is 0 Å². The van der Waals surface area contributed by atoms with Crippen molar-refractivity contribution in [1.29, 1.82) is 0 Å². The predicted molar refractivity (Wildman–Crippen MR) is 70.9 cm³/mol. The van der Waals surface area contributed by atoms with Crippen molar-refractivity contribution in [2.75, 3.05) is 39.9 Å². The number of ether oxygens (including phenoxy) is 2. The van der Waals surface area contributed by atoms with Crippen LogP contribution in [0.2, 0.25) is 0 Å². The molecule has 6 heteroatoms. The third-order valence-corrected chi connectivity index (χ3v) is 2.73. The molecule has 1 fully saturated rings. The van der Waals surface area contributed by atoms with Crippen LogP contribution in [0.15, 0.2) is 0 Å². The second-order valence-electron chi connectivity index (χ2n) is 5.65. The fraction of sp³-hybridized carbons (Fsp3) is 0.846. The molecule has 0 atom stereocenters. The van der Waals surface area contributed by atoms with E-state index in [9.17, 15) is 9.59 Å². The predicted octanol–water partition coefficient (Wildman–Crippen LogP) is 1.10. The summed E-state index contributed by atoms with van der Waals surface area (Å²) in [5, 5.41) is 0. The van der Waals surface area contributed by atoms with Crippen LogP contribution in [0.3, 0.4) is 0 Å². The van der Waals surface area contributed by atoms with Crippen LogP contribution in [0, 0.1) is 0 Å². The zero-order valence-electron chi connectivity index (χ0n) is 12.3. The molecule has 1 rings (SSSR count). The summed E-state index contributed by atoms with van der Waals surface area (Å²) in [6.07, 6.45) is -0.0854. The minimum absolute atomic E-state index is 0.0544. The van der Waals surface area contributed by atoms with Gasteiger partial charge in [0.15, 0.2) is 0 Å². The third-order valence-electron chi connectivity index (χ3n) is 2.73. The fourth-order valence-corrected chi connectivity index (χ4v) is 1.67. The summed E-state index contributed by atoms with van der Waals surface area (Å²) in [4.78, 5) is 26.8. The molecule has 0 aromatic carbocycles. The van der Waals surface area contributed by atoms with E-state index in [-0.39, 0.29) is 5.91 Å². The summed E-state index contributed by atoms with van der Waals surface area (Å²) in [7, 11) is 1.64. The normalized spacial score (nSPS) is 16.1.